The summed E-state index contributed by atoms with van der Waals surface area (Å²) >= 11 is 0. The number of ether oxygens (including phenoxy) is 1. The Morgan fingerprint density at radius 3 is 2.43 bits per heavy atom. The van der Waals surface area contributed by atoms with Crippen LogP contribution in [-0.2, 0) is 0 Å². The quantitative estimate of drug-likeness (QED) is 0.632. The molecule has 3 rings (SSSR count). The van der Waals surface area contributed by atoms with Crippen molar-refractivity contribution < 1.29 is 14.3 Å². The first-order valence-corrected chi connectivity index (χ1v) is 8.62. The standard InChI is InChI=1S/C21H20N4O3/c1-13-7-8-19(28-3)18(9-13)25-21-22-11-16(12-23-21)20(27)24-17-6-4-5-15(10-17)14(2)26/h4-12H,1-3H3,(H,24,27)(H,22,23,25). The molecule has 1 amide bonds. The van der Waals surface area contributed by atoms with Crippen LogP contribution >= 0.6 is 0 Å². The summed E-state index contributed by atoms with van der Waals surface area (Å²) < 4.78 is 5.32. The van der Waals surface area contributed by atoms with Crippen molar-refractivity contribution in [3.05, 3.63) is 71.5 Å². The Morgan fingerprint density at radius 1 is 1.00 bits per heavy atom. The SMILES string of the molecule is COc1ccc(C)cc1Nc1ncc(C(=O)Nc2cccc(C(C)=O)c2)cn1. The summed E-state index contributed by atoms with van der Waals surface area (Å²) in [6, 6.07) is 12.5. The predicted octanol–water partition coefficient (Wildman–Crippen LogP) is 3.99. The molecule has 0 aliphatic rings. The van der Waals surface area contributed by atoms with Crippen molar-refractivity contribution >= 4 is 29.0 Å². The molecule has 0 fully saturated rings. The molecule has 3 aromatic rings. The van der Waals surface area contributed by atoms with Crippen LogP contribution in [0.15, 0.2) is 54.9 Å². The third kappa shape index (κ3) is 4.50. The van der Waals surface area contributed by atoms with Gasteiger partial charge in [-0.3, -0.25) is 9.59 Å². The number of nitrogens with one attached hydrogen (secondary N) is 2. The van der Waals surface area contributed by atoms with E-state index in [1.807, 2.05) is 25.1 Å². The van der Waals surface area contributed by atoms with E-state index in [0.29, 0.717) is 28.5 Å². The highest BCUT2D eigenvalue weighted by Gasteiger charge is 2.10. The van der Waals surface area contributed by atoms with Crippen molar-refractivity contribution in [2.75, 3.05) is 17.7 Å². The Hall–Kier alpha value is -3.74. The van der Waals surface area contributed by atoms with Gasteiger partial charge in [-0.15, -0.1) is 0 Å². The molecular formula is C21H20N4O3. The Bertz CT molecular complexity index is 1020. The summed E-state index contributed by atoms with van der Waals surface area (Å²) in [5.41, 5.74) is 3.16. The summed E-state index contributed by atoms with van der Waals surface area (Å²) in [7, 11) is 1.59. The maximum atomic E-state index is 12.4. The minimum Gasteiger partial charge on any atom is -0.495 e. The first-order valence-electron chi connectivity index (χ1n) is 8.62. The number of benzene rings is 2. The second kappa shape index (κ2) is 8.30. The fourth-order valence-corrected chi connectivity index (χ4v) is 2.57. The second-order valence-corrected chi connectivity index (χ2v) is 6.22. The molecule has 0 saturated heterocycles. The highest BCUT2D eigenvalue weighted by atomic mass is 16.5. The smallest absolute Gasteiger partial charge is 0.258 e. The number of anilines is 3. The maximum Gasteiger partial charge on any atom is 0.258 e. The Morgan fingerprint density at radius 2 is 1.75 bits per heavy atom. The summed E-state index contributed by atoms with van der Waals surface area (Å²) in [6.45, 7) is 3.45. The molecule has 0 atom stereocenters. The fourth-order valence-electron chi connectivity index (χ4n) is 2.57. The van der Waals surface area contributed by atoms with Crippen molar-refractivity contribution in [1.82, 2.24) is 9.97 Å². The van der Waals surface area contributed by atoms with Gasteiger partial charge in [-0.05, 0) is 43.7 Å². The third-order valence-electron chi connectivity index (χ3n) is 4.04. The third-order valence-corrected chi connectivity index (χ3v) is 4.04. The molecule has 0 saturated carbocycles. The minimum absolute atomic E-state index is 0.0681. The number of carbonyl (C=O) groups excluding carboxylic acids is 2. The van der Waals surface area contributed by atoms with Crippen LogP contribution in [-0.4, -0.2) is 28.8 Å². The van der Waals surface area contributed by atoms with Crippen molar-refractivity contribution in [3.63, 3.8) is 0 Å². The van der Waals surface area contributed by atoms with Gasteiger partial charge in [0, 0.05) is 23.6 Å². The van der Waals surface area contributed by atoms with E-state index in [-0.39, 0.29) is 11.7 Å². The number of hydrogen-bond donors (Lipinski definition) is 2. The Balaban J connectivity index is 1.72. The van der Waals surface area contributed by atoms with Crippen LogP contribution in [0.1, 0.15) is 33.2 Å². The summed E-state index contributed by atoms with van der Waals surface area (Å²) in [6.07, 6.45) is 2.86. The van der Waals surface area contributed by atoms with Gasteiger partial charge in [-0.1, -0.05) is 18.2 Å². The molecule has 1 aromatic heterocycles. The molecule has 0 spiro atoms. The Kier molecular flexibility index (Phi) is 5.64. The predicted molar refractivity (Wildman–Crippen MR) is 107 cm³/mol. The van der Waals surface area contributed by atoms with Crippen molar-refractivity contribution in [3.8, 4) is 5.75 Å². The van der Waals surface area contributed by atoms with E-state index in [1.165, 1.54) is 19.3 Å². The normalized spacial score (nSPS) is 10.2. The van der Waals surface area contributed by atoms with E-state index in [1.54, 1.807) is 31.4 Å². The molecule has 2 aromatic carbocycles. The van der Waals surface area contributed by atoms with E-state index >= 15 is 0 Å². The minimum atomic E-state index is -0.361. The molecule has 28 heavy (non-hydrogen) atoms. The number of aryl methyl sites for hydroxylation is 1. The molecule has 0 radical (unpaired) electrons. The number of ketones is 1. The molecule has 142 valence electrons. The molecule has 1 heterocycles. The number of carbonyl (C=O) groups is 2. The van der Waals surface area contributed by atoms with Gasteiger partial charge in [0.2, 0.25) is 5.95 Å². The first-order chi connectivity index (χ1) is 13.5. The number of hydrogen-bond acceptors (Lipinski definition) is 6. The zero-order chi connectivity index (χ0) is 20.1. The van der Waals surface area contributed by atoms with Crippen molar-refractivity contribution in [1.29, 1.82) is 0 Å². The summed E-state index contributed by atoms with van der Waals surface area (Å²) in [4.78, 5) is 32.2. The van der Waals surface area contributed by atoms with Crippen molar-refractivity contribution in [2.45, 2.75) is 13.8 Å². The number of rotatable bonds is 6. The lowest BCUT2D eigenvalue weighted by Gasteiger charge is -2.11. The van der Waals surface area contributed by atoms with Crippen LogP contribution in [0, 0.1) is 6.92 Å². The van der Waals surface area contributed by atoms with Gasteiger partial charge in [0.1, 0.15) is 5.75 Å². The van der Waals surface area contributed by atoms with E-state index in [4.69, 9.17) is 4.74 Å². The highest BCUT2D eigenvalue weighted by molar-refractivity contribution is 6.04. The van der Waals surface area contributed by atoms with Crippen LogP contribution < -0.4 is 15.4 Å². The zero-order valence-corrected chi connectivity index (χ0v) is 15.8. The molecule has 0 unspecified atom stereocenters. The lowest BCUT2D eigenvalue weighted by atomic mass is 10.1. The van der Waals surface area contributed by atoms with E-state index in [9.17, 15) is 9.59 Å². The fraction of sp³-hybridized carbons (Fsp3) is 0.143. The largest absolute Gasteiger partial charge is 0.495 e. The van der Waals surface area contributed by atoms with Crippen LogP contribution in [0.4, 0.5) is 17.3 Å². The molecule has 0 bridgehead atoms. The van der Waals surface area contributed by atoms with Crippen LogP contribution in [0.25, 0.3) is 0 Å². The number of nitrogens with zero attached hydrogens (tertiary/aromatic N) is 2. The van der Waals surface area contributed by atoms with Crippen molar-refractivity contribution in [2.24, 2.45) is 0 Å². The van der Waals surface area contributed by atoms with Gasteiger partial charge in [-0.25, -0.2) is 9.97 Å². The number of methoxy groups -OCH3 is 1. The number of aromatic nitrogens is 2. The maximum absolute atomic E-state index is 12.4. The summed E-state index contributed by atoms with van der Waals surface area (Å²) in [5, 5.41) is 5.82. The van der Waals surface area contributed by atoms with Gasteiger partial charge < -0.3 is 15.4 Å². The van der Waals surface area contributed by atoms with E-state index < -0.39 is 0 Å². The topological polar surface area (TPSA) is 93.2 Å². The molecular weight excluding hydrogens is 356 g/mol. The average molecular weight is 376 g/mol. The van der Waals surface area contributed by atoms with E-state index in [0.717, 1.165) is 11.3 Å². The number of amides is 1. The van der Waals surface area contributed by atoms with Gasteiger partial charge in [-0.2, -0.15) is 0 Å². The van der Waals surface area contributed by atoms with Crippen LogP contribution in [0.3, 0.4) is 0 Å². The number of Topliss-reactive ketones (excluding diaryl/α,β-unsaturated/α-hetero) is 1. The monoisotopic (exact) mass is 376 g/mol. The van der Waals surface area contributed by atoms with Gasteiger partial charge in [0.05, 0.1) is 18.4 Å². The molecule has 2 N–H and O–H groups in total. The first kappa shape index (κ1) is 19.0. The van der Waals surface area contributed by atoms with Gasteiger partial charge >= 0.3 is 0 Å². The van der Waals surface area contributed by atoms with Crippen LogP contribution in [0.2, 0.25) is 0 Å². The lowest BCUT2D eigenvalue weighted by molar-refractivity contribution is 0.101. The van der Waals surface area contributed by atoms with Gasteiger partial charge in [0.25, 0.3) is 5.91 Å². The van der Waals surface area contributed by atoms with Gasteiger partial charge in [0.15, 0.2) is 5.78 Å². The Labute approximate surface area is 162 Å². The second-order valence-electron chi connectivity index (χ2n) is 6.22. The van der Waals surface area contributed by atoms with Crippen LogP contribution in [0.5, 0.6) is 5.75 Å². The van der Waals surface area contributed by atoms with E-state index in [2.05, 4.69) is 20.6 Å². The summed E-state index contributed by atoms with van der Waals surface area (Å²) in [5.74, 6) is 0.585. The zero-order valence-electron chi connectivity index (χ0n) is 15.8. The molecule has 0 aliphatic heterocycles. The molecule has 7 heteroatoms. The molecule has 0 aliphatic carbocycles. The average Bonchev–Trinajstić information content (AvgIpc) is 2.69. The molecule has 7 nitrogen and oxygen atoms in total. The lowest BCUT2D eigenvalue weighted by Crippen LogP contribution is -2.13. The highest BCUT2D eigenvalue weighted by Crippen LogP contribution is 2.27.